The molecule has 0 saturated carbocycles. The van der Waals surface area contributed by atoms with Crippen molar-refractivity contribution in [3.63, 3.8) is 0 Å². The van der Waals surface area contributed by atoms with Gasteiger partial charge in [0, 0.05) is 11.8 Å². The maximum Gasteiger partial charge on any atom is 0.252 e. The molecule has 1 aromatic carbocycles. The van der Waals surface area contributed by atoms with Gasteiger partial charge in [-0.2, -0.15) is 5.10 Å². The van der Waals surface area contributed by atoms with E-state index in [1.807, 2.05) is 24.3 Å². The van der Waals surface area contributed by atoms with E-state index in [1.54, 1.807) is 13.1 Å². The molecule has 2 rings (SSSR count). The monoisotopic (exact) mass is 286 g/mol. The van der Waals surface area contributed by atoms with Gasteiger partial charge in [0.2, 0.25) is 5.95 Å². The van der Waals surface area contributed by atoms with E-state index < -0.39 is 0 Å². The Hall–Kier alpha value is -2.63. The summed E-state index contributed by atoms with van der Waals surface area (Å²) in [5.41, 5.74) is 4.04. The Morgan fingerprint density at radius 1 is 1.38 bits per heavy atom. The second-order valence-electron chi connectivity index (χ2n) is 4.52. The molecular formula is C15H18N4O2. The number of aromatic amines is 1. The topological polar surface area (TPSA) is 79.4 Å². The number of hydrogen-bond donors (Lipinski definition) is 2. The van der Waals surface area contributed by atoms with E-state index in [0.717, 1.165) is 17.7 Å². The number of rotatable bonds is 6. The Kier molecular flexibility index (Phi) is 5.09. The second-order valence-corrected chi connectivity index (χ2v) is 4.52. The molecule has 0 bridgehead atoms. The third-order valence-corrected chi connectivity index (χ3v) is 2.61. The number of H-pyrrole nitrogens is 1. The molecule has 0 fully saturated rings. The smallest absolute Gasteiger partial charge is 0.252 e. The molecule has 0 atom stereocenters. The summed E-state index contributed by atoms with van der Waals surface area (Å²) in [7, 11) is 0. The average Bonchev–Trinajstić information content (AvgIpc) is 2.45. The van der Waals surface area contributed by atoms with Gasteiger partial charge in [-0.05, 0) is 43.2 Å². The number of aryl methyl sites for hydroxylation is 1. The van der Waals surface area contributed by atoms with Gasteiger partial charge in [-0.3, -0.25) is 9.78 Å². The Labute approximate surface area is 122 Å². The minimum Gasteiger partial charge on any atom is -0.494 e. The largest absolute Gasteiger partial charge is 0.494 e. The summed E-state index contributed by atoms with van der Waals surface area (Å²) in [5.74, 6) is 1.16. The molecule has 0 aliphatic rings. The van der Waals surface area contributed by atoms with Crippen LogP contribution in [0.1, 0.15) is 24.6 Å². The lowest BCUT2D eigenvalue weighted by Crippen LogP contribution is -2.10. The maximum absolute atomic E-state index is 11.3. The van der Waals surface area contributed by atoms with Crippen LogP contribution in [0.5, 0.6) is 5.75 Å². The highest BCUT2D eigenvalue weighted by Gasteiger charge is 1.96. The van der Waals surface area contributed by atoms with Crippen molar-refractivity contribution in [3.05, 3.63) is 51.9 Å². The van der Waals surface area contributed by atoms with E-state index in [1.165, 1.54) is 6.07 Å². The van der Waals surface area contributed by atoms with Gasteiger partial charge < -0.3 is 4.74 Å². The number of hydrogen-bond acceptors (Lipinski definition) is 5. The quantitative estimate of drug-likeness (QED) is 0.631. The van der Waals surface area contributed by atoms with Crippen LogP contribution in [0.3, 0.4) is 0 Å². The van der Waals surface area contributed by atoms with E-state index >= 15 is 0 Å². The van der Waals surface area contributed by atoms with Crippen LogP contribution in [0.4, 0.5) is 5.95 Å². The van der Waals surface area contributed by atoms with Gasteiger partial charge in [0.05, 0.1) is 12.8 Å². The SMILES string of the molecule is CCCOc1ccc(/C=N\Nc2nc(C)cc(=O)[nH]2)cc1. The minimum atomic E-state index is -0.211. The van der Waals surface area contributed by atoms with Crippen molar-refractivity contribution in [2.75, 3.05) is 12.0 Å². The van der Waals surface area contributed by atoms with E-state index in [4.69, 9.17) is 4.74 Å². The molecule has 0 spiro atoms. The number of nitrogens with one attached hydrogen (secondary N) is 2. The Morgan fingerprint density at radius 3 is 2.81 bits per heavy atom. The van der Waals surface area contributed by atoms with Crippen molar-refractivity contribution in [2.45, 2.75) is 20.3 Å². The van der Waals surface area contributed by atoms with Crippen LogP contribution in [-0.4, -0.2) is 22.8 Å². The first-order chi connectivity index (χ1) is 10.2. The fourth-order valence-corrected chi connectivity index (χ4v) is 1.67. The highest BCUT2D eigenvalue weighted by molar-refractivity contribution is 5.80. The zero-order chi connectivity index (χ0) is 15.1. The van der Waals surface area contributed by atoms with E-state index in [2.05, 4.69) is 27.4 Å². The predicted octanol–water partition coefficient (Wildman–Crippen LogP) is 2.31. The van der Waals surface area contributed by atoms with Gasteiger partial charge >= 0.3 is 0 Å². The molecule has 0 unspecified atom stereocenters. The first-order valence-corrected chi connectivity index (χ1v) is 6.77. The van der Waals surface area contributed by atoms with Crippen LogP contribution in [0.2, 0.25) is 0 Å². The molecule has 0 saturated heterocycles. The van der Waals surface area contributed by atoms with Crippen molar-refractivity contribution in [3.8, 4) is 5.75 Å². The molecule has 6 nitrogen and oxygen atoms in total. The Balaban J connectivity index is 1.96. The second kappa shape index (κ2) is 7.23. The summed E-state index contributed by atoms with van der Waals surface area (Å²) in [6, 6.07) is 9.02. The van der Waals surface area contributed by atoms with Gasteiger partial charge in [0.25, 0.3) is 5.56 Å². The van der Waals surface area contributed by atoms with E-state index in [0.29, 0.717) is 18.2 Å². The molecule has 0 aliphatic carbocycles. The molecule has 21 heavy (non-hydrogen) atoms. The molecule has 2 aromatic rings. The maximum atomic E-state index is 11.3. The summed E-state index contributed by atoms with van der Waals surface area (Å²) in [6.45, 7) is 4.52. The predicted molar refractivity (Wildman–Crippen MR) is 83.0 cm³/mol. The van der Waals surface area contributed by atoms with Crippen LogP contribution in [0.25, 0.3) is 0 Å². The average molecular weight is 286 g/mol. The summed E-state index contributed by atoms with van der Waals surface area (Å²) < 4.78 is 5.50. The van der Waals surface area contributed by atoms with Crippen LogP contribution >= 0.6 is 0 Å². The number of aromatic nitrogens is 2. The van der Waals surface area contributed by atoms with Crippen LogP contribution in [0.15, 0.2) is 40.2 Å². The van der Waals surface area contributed by atoms with Crippen molar-refractivity contribution < 1.29 is 4.74 Å². The zero-order valence-electron chi connectivity index (χ0n) is 12.1. The molecule has 0 amide bonds. The van der Waals surface area contributed by atoms with Crippen molar-refractivity contribution in [1.29, 1.82) is 0 Å². The van der Waals surface area contributed by atoms with E-state index in [-0.39, 0.29) is 5.56 Å². The Bertz CT molecular complexity index is 662. The standard InChI is InChI=1S/C15H18N4O2/c1-3-8-21-13-6-4-12(5-7-13)10-16-19-15-17-11(2)9-14(20)18-15/h4-7,9-10H,3,8H2,1-2H3,(H2,17,18,19,20)/b16-10-. The van der Waals surface area contributed by atoms with Gasteiger partial charge in [-0.15, -0.1) is 0 Å². The molecule has 0 radical (unpaired) electrons. The summed E-state index contributed by atoms with van der Waals surface area (Å²) in [5, 5.41) is 4.04. The zero-order valence-corrected chi connectivity index (χ0v) is 12.1. The van der Waals surface area contributed by atoms with Crippen LogP contribution < -0.4 is 15.7 Å². The number of anilines is 1. The number of nitrogens with zero attached hydrogens (tertiary/aromatic N) is 2. The third kappa shape index (κ3) is 4.76. The summed E-state index contributed by atoms with van der Waals surface area (Å²) in [4.78, 5) is 17.9. The fraction of sp³-hybridized carbons (Fsp3) is 0.267. The molecule has 1 heterocycles. The molecule has 6 heteroatoms. The van der Waals surface area contributed by atoms with Gasteiger partial charge in [-0.25, -0.2) is 10.4 Å². The molecular weight excluding hydrogens is 268 g/mol. The van der Waals surface area contributed by atoms with E-state index in [9.17, 15) is 4.79 Å². The molecule has 2 N–H and O–H groups in total. The van der Waals surface area contributed by atoms with Gasteiger partial charge in [0.1, 0.15) is 5.75 Å². The molecule has 0 aliphatic heterocycles. The summed E-state index contributed by atoms with van der Waals surface area (Å²) in [6.07, 6.45) is 2.63. The van der Waals surface area contributed by atoms with Crippen molar-refractivity contribution in [1.82, 2.24) is 9.97 Å². The molecule has 110 valence electrons. The lowest BCUT2D eigenvalue weighted by atomic mass is 10.2. The highest BCUT2D eigenvalue weighted by atomic mass is 16.5. The Morgan fingerprint density at radius 2 is 2.14 bits per heavy atom. The fourth-order valence-electron chi connectivity index (χ4n) is 1.67. The first kappa shape index (κ1) is 14.8. The van der Waals surface area contributed by atoms with Crippen LogP contribution in [0, 0.1) is 6.92 Å². The first-order valence-electron chi connectivity index (χ1n) is 6.77. The van der Waals surface area contributed by atoms with Gasteiger partial charge in [-0.1, -0.05) is 6.92 Å². The highest BCUT2D eigenvalue weighted by Crippen LogP contribution is 2.11. The third-order valence-electron chi connectivity index (χ3n) is 2.61. The number of ether oxygens (including phenoxy) is 1. The van der Waals surface area contributed by atoms with Gasteiger partial charge in [0.15, 0.2) is 0 Å². The minimum absolute atomic E-state index is 0.211. The normalized spacial score (nSPS) is 10.8. The number of hydrazone groups is 1. The number of benzene rings is 1. The summed E-state index contributed by atoms with van der Waals surface area (Å²) >= 11 is 0. The van der Waals surface area contributed by atoms with Crippen LogP contribution in [-0.2, 0) is 0 Å². The van der Waals surface area contributed by atoms with Crippen molar-refractivity contribution in [2.24, 2.45) is 5.10 Å². The van der Waals surface area contributed by atoms with Crippen molar-refractivity contribution >= 4 is 12.2 Å². The lowest BCUT2D eigenvalue weighted by Gasteiger charge is -2.04. The lowest BCUT2D eigenvalue weighted by molar-refractivity contribution is 0.317. The molecule has 1 aromatic heterocycles.